The number of aryl methyl sites for hydroxylation is 1. The Morgan fingerprint density at radius 3 is 2.75 bits per heavy atom. The summed E-state index contributed by atoms with van der Waals surface area (Å²) >= 11 is 6.04. The van der Waals surface area contributed by atoms with Gasteiger partial charge >= 0.3 is 0 Å². The molecule has 3 nitrogen and oxygen atoms in total. The van der Waals surface area contributed by atoms with E-state index >= 15 is 0 Å². The summed E-state index contributed by atoms with van der Waals surface area (Å²) in [6.45, 7) is 1.97. The molecule has 0 amide bonds. The van der Waals surface area contributed by atoms with E-state index in [2.05, 4.69) is 4.98 Å². The molecule has 0 atom stereocenters. The Morgan fingerprint density at radius 2 is 2.06 bits per heavy atom. The number of pyridine rings is 1. The third kappa shape index (κ3) is 2.44. The number of nitrogen functional groups attached to an aromatic ring is 1. The predicted octanol–water partition coefficient (Wildman–Crippen LogP) is 3.42. The van der Waals surface area contributed by atoms with E-state index in [0.717, 1.165) is 5.56 Å². The fraction of sp³-hybridized carbons (Fsp3) is 0.0833. The lowest BCUT2D eigenvalue weighted by Crippen LogP contribution is -1.90. The van der Waals surface area contributed by atoms with Crippen molar-refractivity contribution in [2.24, 2.45) is 0 Å². The van der Waals surface area contributed by atoms with Gasteiger partial charge in [0.2, 0.25) is 0 Å². The number of benzene rings is 1. The van der Waals surface area contributed by atoms with E-state index in [1.165, 1.54) is 0 Å². The summed E-state index contributed by atoms with van der Waals surface area (Å²) in [6.07, 6.45) is 3.15. The monoisotopic (exact) mass is 234 g/mol. The first kappa shape index (κ1) is 10.8. The van der Waals surface area contributed by atoms with E-state index in [0.29, 0.717) is 22.2 Å². The van der Waals surface area contributed by atoms with Crippen LogP contribution < -0.4 is 10.5 Å². The highest BCUT2D eigenvalue weighted by atomic mass is 35.5. The molecule has 2 N–H and O–H groups in total. The Kier molecular flexibility index (Phi) is 2.97. The van der Waals surface area contributed by atoms with Gasteiger partial charge in [-0.05, 0) is 24.6 Å². The van der Waals surface area contributed by atoms with Crippen molar-refractivity contribution in [2.75, 3.05) is 5.73 Å². The minimum absolute atomic E-state index is 0.556. The van der Waals surface area contributed by atoms with Gasteiger partial charge in [-0.1, -0.05) is 17.7 Å². The van der Waals surface area contributed by atoms with Crippen LogP contribution in [0.2, 0.25) is 5.02 Å². The molecule has 0 saturated heterocycles. The second kappa shape index (κ2) is 4.41. The van der Waals surface area contributed by atoms with Crippen LogP contribution in [0, 0.1) is 6.92 Å². The van der Waals surface area contributed by atoms with Crippen LogP contribution in [0.15, 0.2) is 36.7 Å². The van der Waals surface area contributed by atoms with E-state index < -0.39 is 0 Å². The van der Waals surface area contributed by atoms with Crippen molar-refractivity contribution >= 4 is 17.3 Å². The van der Waals surface area contributed by atoms with Crippen LogP contribution in [0.3, 0.4) is 0 Å². The van der Waals surface area contributed by atoms with E-state index in [1.54, 1.807) is 18.5 Å². The summed E-state index contributed by atoms with van der Waals surface area (Å²) in [5.41, 5.74) is 7.24. The average Bonchev–Trinajstić information content (AvgIpc) is 2.22. The largest absolute Gasteiger partial charge is 0.454 e. The zero-order valence-corrected chi connectivity index (χ0v) is 9.53. The molecular weight excluding hydrogens is 224 g/mol. The molecule has 0 aliphatic carbocycles. The van der Waals surface area contributed by atoms with Gasteiger partial charge in [-0.25, -0.2) is 0 Å². The number of hydrogen-bond donors (Lipinski definition) is 1. The van der Waals surface area contributed by atoms with Crippen molar-refractivity contribution in [3.8, 4) is 11.5 Å². The number of nitrogens with zero attached hydrogens (tertiary/aromatic N) is 1. The van der Waals surface area contributed by atoms with Crippen molar-refractivity contribution in [1.82, 2.24) is 4.98 Å². The summed E-state index contributed by atoms with van der Waals surface area (Å²) in [4.78, 5) is 3.93. The van der Waals surface area contributed by atoms with Crippen LogP contribution in [0.25, 0.3) is 0 Å². The van der Waals surface area contributed by atoms with E-state index in [9.17, 15) is 0 Å². The average molecular weight is 235 g/mol. The lowest BCUT2D eigenvalue weighted by molar-refractivity contribution is 0.481. The summed E-state index contributed by atoms with van der Waals surface area (Å²) < 4.78 is 5.57. The molecule has 4 heteroatoms. The Balaban J connectivity index is 2.27. The second-order valence-corrected chi connectivity index (χ2v) is 3.90. The number of aromatic nitrogens is 1. The SMILES string of the molecule is Cc1ccc(Oc2cncc(N)c2)c(Cl)c1. The van der Waals surface area contributed by atoms with Gasteiger partial charge < -0.3 is 10.5 Å². The third-order valence-electron chi connectivity index (χ3n) is 2.05. The number of halogens is 1. The lowest BCUT2D eigenvalue weighted by atomic mass is 10.2. The summed E-state index contributed by atoms with van der Waals surface area (Å²) in [6, 6.07) is 7.29. The zero-order chi connectivity index (χ0) is 11.5. The number of anilines is 1. The molecule has 16 heavy (non-hydrogen) atoms. The molecule has 0 unspecified atom stereocenters. The van der Waals surface area contributed by atoms with Gasteiger partial charge in [-0.15, -0.1) is 0 Å². The fourth-order valence-electron chi connectivity index (χ4n) is 1.31. The van der Waals surface area contributed by atoms with Crippen molar-refractivity contribution in [3.05, 3.63) is 47.2 Å². The molecule has 1 aromatic carbocycles. The molecule has 0 radical (unpaired) electrons. The number of nitrogens with two attached hydrogens (primary N) is 1. The maximum atomic E-state index is 6.04. The lowest BCUT2D eigenvalue weighted by Gasteiger charge is -2.07. The molecule has 0 spiro atoms. The van der Waals surface area contributed by atoms with E-state index in [4.69, 9.17) is 22.1 Å². The Hall–Kier alpha value is -1.74. The molecule has 0 fully saturated rings. The van der Waals surface area contributed by atoms with Gasteiger partial charge in [0.15, 0.2) is 0 Å². The normalized spacial score (nSPS) is 10.1. The molecule has 2 rings (SSSR count). The van der Waals surface area contributed by atoms with Crippen LogP contribution in [-0.2, 0) is 0 Å². The highest BCUT2D eigenvalue weighted by Gasteiger charge is 2.03. The first-order chi connectivity index (χ1) is 7.65. The molecule has 2 aromatic rings. The second-order valence-electron chi connectivity index (χ2n) is 3.49. The molecule has 1 aromatic heterocycles. The van der Waals surface area contributed by atoms with Gasteiger partial charge in [0.1, 0.15) is 11.5 Å². The predicted molar refractivity (Wildman–Crippen MR) is 64.9 cm³/mol. The Labute approximate surface area is 98.8 Å². The van der Waals surface area contributed by atoms with Crippen LogP contribution in [0.4, 0.5) is 5.69 Å². The molecule has 82 valence electrons. The highest BCUT2D eigenvalue weighted by Crippen LogP contribution is 2.30. The molecule has 0 aliphatic heterocycles. The summed E-state index contributed by atoms with van der Waals surface area (Å²) in [7, 11) is 0. The topological polar surface area (TPSA) is 48.1 Å². The maximum absolute atomic E-state index is 6.04. The summed E-state index contributed by atoms with van der Waals surface area (Å²) in [5.74, 6) is 1.17. The first-order valence-corrected chi connectivity index (χ1v) is 5.17. The maximum Gasteiger partial charge on any atom is 0.147 e. The Bertz CT molecular complexity index is 514. The minimum atomic E-state index is 0.556. The van der Waals surface area contributed by atoms with Gasteiger partial charge in [0.05, 0.1) is 23.1 Å². The number of rotatable bonds is 2. The van der Waals surface area contributed by atoms with Gasteiger partial charge in [-0.3, -0.25) is 4.98 Å². The van der Waals surface area contributed by atoms with E-state index in [1.807, 2.05) is 25.1 Å². The van der Waals surface area contributed by atoms with Crippen molar-refractivity contribution in [1.29, 1.82) is 0 Å². The van der Waals surface area contributed by atoms with Crippen LogP contribution in [0.1, 0.15) is 5.56 Å². The van der Waals surface area contributed by atoms with Gasteiger partial charge in [-0.2, -0.15) is 0 Å². The summed E-state index contributed by atoms with van der Waals surface area (Å²) in [5, 5.41) is 0.572. The minimum Gasteiger partial charge on any atom is -0.454 e. The smallest absolute Gasteiger partial charge is 0.147 e. The third-order valence-corrected chi connectivity index (χ3v) is 2.34. The van der Waals surface area contributed by atoms with Crippen molar-refractivity contribution in [2.45, 2.75) is 6.92 Å². The van der Waals surface area contributed by atoms with Crippen LogP contribution in [0.5, 0.6) is 11.5 Å². The fourth-order valence-corrected chi connectivity index (χ4v) is 1.58. The molecule has 0 saturated carbocycles. The van der Waals surface area contributed by atoms with Gasteiger partial charge in [0.25, 0.3) is 0 Å². The van der Waals surface area contributed by atoms with Crippen LogP contribution in [-0.4, -0.2) is 4.98 Å². The molecular formula is C12H11ClN2O. The van der Waals surface area contributed by atoms with Crippen molar-refractivity contribution < 1.29 is 4.74 Å². The first-order valence-electron chi connectivity index (χ1n) is 4.80. The number of hydrogen-bond acceptors (Lipinski definition) is 3. The van der Waals surface area contributed by atoms with Crippen LogP contribution >= 0.6 is 11.6 Å². The van der Waals surface area contributed by atoms with Crippen molar-refractivity contribution in [3.63, 3.8) is 0 Å². The van der Waals surface area contributed by atoms with Gasteiger partial charge in [0, 0.05) is 6.07 Å². The Morgan fingerprint density at radius 1 is 1.25 bits per heavy atom. The number of ether oxygens (including phenoxy) is 1. The molecule has 1 heterocycles. The molecule has 0 bridgehead atoms. The standard InChI is InChI=1S/C12H11ClN2O/c1-8-2-3-12(11(13)4-8)16-10-5-9(14)6-15-7-10/h2-7H,14H2,1H3. The van der Waals surface area contributed by atoms with E-state index in [-0.39, 0.29) is 0 Å². The highest BCUT2D eigenvalue weighted by molar-refractivity contribution is 6.32. The zero-order valence-electron chi connectivity index (χ0n) is 8.77. The quantitative estimate of drug-likeness (QED) is 0.866. The molecule has 0 aliphatic rings.